The van der Waals surface area contributed by atoms with Gasteiger partial charge in [0.05, 0.1) is 25.5 Å². The lowest BCUT2D eigenvalue weighted by molar-refractivity contribution is -0.118. The van der Waals surface area contributed by atoms with Crippen LogP contribution >= 0.6 is 0 Å². The van der Waals surface area contributed by atoms with Crippen molar-refractivity contribution < 1.29 is 18.8 Å². The van der Waals surface area contributed by atoms with E-state index in [4.69, 9.17) is 14.0 Å². The van der Waals surface area contributed by atoms with Gasteiger partial charge in [0.2, 0.25) is 11.8 Å². The van der Waals surface area contributed by atoms with Crippen LogP contribution in [0.4, 0.5) is 5.88 Å². The molecule has 1 amide bonds. The number of nitrogens with one attached hydrogen (secondary N) is 2. The van der Waals surface area contributed by atoms with E-state index in [9.17, 15) is 4.79 Å². The van der Waals surface area contributed by atoms with Crippen molar-refractivity contribution >= 4 is 11.8 Å². The van der Waals surface area contributed by atoms with Crippen LogP contribution in [0.1, 0.15) is 38.1 Å². The summed E-state index contributed by atoms with van der Waals surface area (Å²) in [6, 6.07) is 6.94. The molecular formula is C18H25N3O4. The van der Waals surface area contributed by atoms with Gasteiger partial charge in [0, 0.05) is 12.1 Å². The van der Waals surface area contributed by atoms with Crippen molar-refractivity contribution in [2.45, 2.75) is 39.8 Å². The second-order valence-corrected chi connectivity index (χ2v) is 5.78. The van der Waals surface area contributed by atoms with Crippen molar-refractivity contribution in [3.63, 3.8) is 0 Å². The van der Waals surface area contributed by atoms with Crippen molar-refractivity contribution in [2.24, 2.45) is 0 Å². The largest absolute Gasteiger partial charge is 0.493 e. The van der Waals surface area contributed by atoms with Gasteiger partial charge in [-0.25, -0.2) is 0 Å². The van der Waals surface area contributed by atoms with E-state index in [1.54, 1.807) is 27.0 Å². The standard InChI is InChI=1S/C18H25N3O4/c1-6-24-15-8-7-14(10-16(15)23-5)12(3)19-13(4)18(22)20-17-9-11(2)21-25-17/h7-10,12-13,19H,6H2,1-5H3,(H,20,22)/t12-,13-/m1/s1. The van der Waals surface area contributed by atoms with Gasteiger partial charge in [-0.3, -0.25) is 15.4 Å². The summed E-state index contributed by atoms with van der Waals surface area (Å²) in [5.41, 5.74) is 1.71. The molecule has 1 heterocycles. The topological polar surface area (TPSA) is 85.6 Å². The monoisotopic (exact) mass is 347 g/mol. The molecule has 0 unspecified atom stereocenters. The van der Waals surface area contributed by atoms with E-state index in [-0.39, 0.29) is 11.9 Å². The summed E-state index contributed by atoms with van der Waals surface area (Å²) >= 11 is 0. The van der Waals surface area contributed by atoms with Crippen LogP contribution in [0.3, 0.4) is 0 Å². The number of nitrogens with zero attached hydrogens (tertiary/aromatic N) is 1. The maximum atomic E-state index is 12.2. The Bertz CT molecular complexity index is 714. The average Bonchev–Trinajstić information content (AvgIpc) is 3.00. The molecule has 0 bridgehead atoms. The van der Waals surface area contributed by atoms with Crippen LogP contribution in [-0.4, -0.2) is 30.8 Å². The van der Waals surface area contributed by atoms with Crippen molar-refractivity contribution in [2.75, 3.05) is 19.0 Å². The van der Waals surface area contributed by atoms with Crippen molar-refractivity contribution in [3.05, 3.63) is 35.5 Å². The Hall–Kier alpha value is -2.54. The summed E-state index contributed by atoms with van der Waals surface area (Å²) < 4.78 is 15.9. The van der Waals surface area contributed by atoms with Gasteiger partial charge in [-0.05, 0) is 45.4 Å². The molecule has 7 heteroatoms. The summed E-state index contributed by atoms with van der Waals surface area (Å²) in [6.45, 7) is 8.07. The Morgan fingerprint density at radius 3 is 2.64 bits per heavy atom. The number of ether oxygens (including phenoxy) is 2. The van der Waals surface area contributed by atoms with Crippen molar-refractivity contribution in [1.82, 2.24) is 10.5 Å². The Morgan fingerprint density at radius 2 is 2.04 bits per heavy atom. The minimum absolute atomic E-state index is 0.0539. The normalized spacial score (nSPS) is 13.2. The number of anilines is 1. The van der Waals surface area contributed by atoms with E-state index < -0.39 is 6.04 Å². The van der Waals surface area contributed by atoms with E-state index in [1.807, 2.05) is 32.0 Å². The maximum Gasteiger partial charge on any atom is 0.243 e. The van der Waals surface area contributed by atoms with Gasteiger partial charge in [0.1, 0.15) is 0 Å². The third-order valence-corrected chi connectivity index (χ3v) is 3.76. The molecule has 0 fully saturated rings. The molecule has 0 aliphatic heterocycles. The molecule has 2 aromatic rings. The van der Waals surface area contributed by atoms with Gasteiger partial charge >= 0.3 is 0 Å². The molecule has 2 N–H and O–H groups in total. The van der Waals surface area contributed by atoms with Crippen molar-refractivity contribution in [1.29, 1.82) is 0 Å². The first-order valence-corrected chi connectivity index (χ1v) is 8.25. The average molecular weight is 347 g/mol. The van der Waals surface area contributed by atoms with Crippen LogP contribution in [0.5, 0.6) is 11.5 Å². The lowest BCUT2D eigenvalue weighted by Crippen LogP contribution is -2.39. The van der Waals surface area contributed by atoms with Crippen LogP contribution in [0.2, 0.25) is 0 Å². The molecule has 0 radical (unpaired) electrons. The van der Waals surface area contributed by atoms with E-state index in [0.717, 1.165) is 5.56 Å². The highest BCUT2D eigenvalue weighted by Gasteiger charge is 2.18. The molecule has 0 spiro atoms. The molecule has 0 saturated heterocycles. The number of rotatable bonds is 8. The van der Waals surface area contributed by atoms with Crippen molar-refractivity contribution in [3.8, 4) is 11.5 Å². The zero-order valence-corrected chi connectivity index (χ0v) is 15.3. The van der Waals surface area contributed by atoms with E-state index >= 15 is 0 Å². The van der Waals surface area contributed by atoms with E-state index in [1.165, 1.54) is 0 Å². The molecule has 2 rings (SSSR count). The smallest absolute Gasteiger partial charge is 0.243 e. The summed E-state index contributed by atoms with van der Waals surface area (Å²) in [7, 11) is 1.61. The number of amides is 1. The molecule has 7 nitrogen and oxygen atoms in total. The van der Waals surface area contributed by atoms with Gasteiger partial charge < -0.3 is 14.0 Å². The molecule has 136 valence electrons. The Morgan fingerprint density at radius 1 is 1.28 bits per heavy atom. The second-order valence-electron chi connectivity index (χ2n) is 5.78. The third-order valence-electron chi connectivity index (χ3n) is 3.76. The first-order chi connectivity index (χ1) is 11.9. The van der Waals surface area contributed by atoms with Gasteiger partial charge in [0.25, 0.3) is 0 Å². The first-order valence-electron chi connectivity index (χ1n) is 8.25. The molecule has 1 aromatic heterocycles. The van der Waals surface area contributed by atoms with E-state index in [0.29, 0.717) is 29.7 Å². The number of aryl methyl sites for hydroxylation is 1. The predicted molar refractivity (Wildman–Crippen MR) is 95.0 cm³/mol. The minimum Gasteiger partial charge on any atom is -0.493 e. The van der Waals surface area contributed by atoms with Crippen LogP contribution < -0.4 is 20.1 Å². The number of carbonyl (C=O) groups excluding carboxylic acids is 1. The van der Waals surface area contributed by atoms with Crippen LogP contribution in [-0.2, 0) is 4.79 Å². The number of aromatic nitrogens is 1. The molecule has 0 aliphatic carbocycles. The van der Waals surface area contributed by atoms with Crippen LogP contribution in [0.15, 0.2) is 28.8 Å². The van der Waals surface area contributed by atoms with E-state index in [2.05, 4.69) is 15.8 Å². The van der Waals surface area contributed by atoms with Gasteiger partial charge in [-0.15, -0.1) is 0 Å². The highest BCUT2D eigenvalue weighted by Crippen LogP contribution is 2.30. The molecule has 1 aromatic carbocycles. The predicted octanol–water partition coefficient (Wildman–Crippen LogP) is 3.07. The lowest BCUT2D eigenvalue weighted by Gasteiger charge is -2.20. The quantitative estimate of drug-likeness (QED) is 0.763. The number of hydrogen-bond acceptors (Lipinski definition) is 6. The zero-order chi connectivity index (χ0) is 18.4. The fourth-order valence-electron chi connectivity index (χ4n) is 2.43. The maximum absolute atomic E-state index is 12.2. The van der Waals surface area contributed by atoms with Crippen LogP contribution in [0.25, 0.3) is 0 Å². The fraction of sp³-hybridized carbons (Fsp3) is 0.444. The Labute approximate surface area is 147 Å². The van der Waals surface area contributed by atoms with Gasteiger partial charge in [-0.2, -0.15) is 0 Å². The minimum atomic E-state index is -0.419. The molecule has 2 atom stereocenters. The SMILES string of the molecule is CCOc1ccc([C@@H](C)N[C@H](C)C(=O)Nc2cc(C)no2)cc1OC. The molecule has 0 saturated carbocycles. The molecule has 25 heavy (non-hydrogen) atoms. The van der Waals surface area contributed by atoms with Gasteiger partial charge in [0.15, 0.2) is 11.5 Å². The first kappa shape index (κ1) is 18.8. The fourth-order valence-corrected chi connectivity index (χ4v) is 2.43. The highest BCUT2D eigenvalue weighted by molar-refractivity contribution is 5.93. The van der Waals surface area contributed by atoms with Gasteiger partial charge in [-0.1, -0.05) is 11.2 Å². The summed E-state index contributed by atoms with van der Waals surface area (Å²) in [5.74, 6) is 1.52. The number of hydrogen-bond donors (Lipinski definition) is 2. The molecular weight excluding hydrogens is 322 g/mol. The lowest BCUT2D eigenvalue weighted by atomic mass is 10.1. The third kappa shape index (κ3) is 4.96. The molecule has 0 aliphatic rings. The zero-order valence-electron chi connectivity index (χ0n) is 15.3. The number of carbonyl (C=O) groups is 1. The highest BCUT2D eigenvalue weighted by atomic mass is 16.5. The second kappa shape index (κ2) is 8.53. The van der Waals surface area contributed by atoms with Crippen LogP contribution in [0, 0.1) is 6.92 Å². The number of methoxy groups -OCH3 is 1. The Kier molecular flexibility index (Phi) is 6.41. The summed E-state index contributed by atoms with van der Waals surface area (Å²) in [5, 5.41) is 9.69. The summed E-state index contributed by atoms with van der Waals surface area (Å²) in [6.07, 6.45) is 0. The summed E-state index contributed by atoms with van der Waals surface area (Å²) in [4.78, 5) is 12.2. The number of benzene rings is 1. The Balaban J connectivity index is 2.00.